The van der Waals surface area contributed by atoms with Gasteiger partial charge in [-0.15, -0.1) is 11.8 Å². The molecular formula is C20H18ClFN2O3S. The minimum atomic E-state index is -0.435. The molecular weight excluding hydrogens is 403 g/mol. The Hall–Kier alpha value is -2.35. The molecule has 8 heteroatoms. The van der Waals surface area contributed by atoms with E-state index in [4.69, 9.17) is 20.9 Å². The van der Waals surface area contributed by atoms with Gasteiger partial charge in [0.1, 0.15) is 11.5 Å². The highest BCUT2D eigenvalue weighted by atomic mass is 35.5. The molecule has 1 heterocycles. The summed E-state index contributed by atoms with van der Waals surface area (Å²) in [4.78, 5) is 12.3. The molecule has 0 aliphatic rings. The van der Waals surface area contributed by atoms with Gasteiger partial charge in [0, 0.05) is 23.4 Å². The number of thioether (sulfide) groups is 1. The van der Waals surface area contributed by atoms with Gasteiger partial charge in [-0.2, -0.15) is 0 Å². The number of benzene rings is 2. The summed E-state index contributed by atoms with van der Waals surface area (Å²) in [5, 5.41) is 7.26. The van der Waals surface area contributed by atoms with Crippen LogP contribution >= 0.6 is 23.4 Å². The van der Waals surface area contributed by atoms with E-state index in [2.05, 4.69) is 10.5 Å². The smallest absolute Gasteiger partial charge is 0.239 e. The molecule has 0 aliphatic heterocycles. The maximum atomic E-state index is 14.3. The fraction of sp³-hybridized carbons (Fsp3) is 0.200. The number of aromatic nitrogens is 1. The van der Waals surface area contributed by atoms with Crippen molar-refractivity contribution in [2.75, 3.05) is 18.2 Å². The number of ether oxygens (including phenoxy) is 1. The molecule has 0 radical (unpaired) electrons. The Bertz CT molecular complexity index is 947. The number of hydrogen-bond donors (Lipinski definition) is 1. The van der Waals surface area contributed by atoms with Crippen LogP contribution in [-0.4, -0.2) is 23.9 Å². The zero-order chi connectivity index (χ0) is 19.9. The van der Waals surface area contributed by atoms with Gasteiger partial charge in [-0.1, -0.05) is 47.1 Å². The molecule has 28 heavy (non-hydrogen) atoms. The topological polar surface area (TPSA) is 64.4 Å². The van der Waals surface area contributed by atoms with Gasteiger partial charge in [-0.3, -0.25) is 10.1 Å². The van der Waals surface area contributed by atoms with Crippen LogP contribution in [0.1, 0.15) is 11.3 Å². The summed E-state index contributed by atoms with van der Waals surface area (Å²) in [6, 6.07) is 13.7. The number of nitrogens with one attached hydrogen (secondary N) is 1. The van der Waals surface area contributed by atoms with E-state index < -0.39 is 5.82 Å². The summed E-state index contributed by atoms with van der Waals surface area (Å²) in [5.41, 5.74) is 2.16. The predicted octanol–water partition coefficient (Wildman–Crippen LogP) is 5.15. The number of amides is 1. The highest BCUT2D eigenvalue weighted by Crippen LogP contribution is 2.34. The Kier molecular flexibility index (Phi) is 7.08. The summed E-state index contributed by atoms with van der Waals surface area (Å²) in [5.74, 6) is 0.275. The summed E-state index contributed by atoms with van der Waals surface area (Å²) in [7, 11) is 1.51. The molecule has 0 atom stereocenters. The zero-order valence-corrected chi connectivity index (χ0v) is 16.6. The van der Waals surface area contributed by atoms with Gasteiger partial charge < -0.3 is 9.26 Å². The second-order valence-corrected chi connectivity index (χ2v) is 7.34. The standard InChI is InChI=1S/C20H18ClFN2O3S/c1-26-10-17-19(15-4-2-3-5-16(15)22)20(27-24-17)23-18(25)12-28-11-13-6-8-14(21)9-7-13/h2-9H,10-12H2,1H3,(H,23,25). The molecule has 0 saturated heterocycles. The summed E-state index contributed by atoms with van der Waals surface area (Å²) < 4.78 is 24.6. The molecule has 3 aromatic rings. The minimum absolute atomic E-state index is 0.106. The normalized spacial score (nSPS) is 10.8. The second-order valence-electron chi connectivity index (χ2n) is 5.91. The summed E-state index contributed by atoms with van der Waals surface area (Å²) in [6.07, 6.45) is 0. The van der Waals surface area contributed by atoms with Crippen LogP contribution < -0.4 is 5.32 Å². The number of hydrogen-bond acceptors (Lipinski definition) is 5. The molecule has 0 aliphatic carbocycles. The zero-order valence-electron chi connectivity index (χ0n) is 15.1. The first-order chi connectivity index (χ1) is 13.6. The molecule has 0 bridgehead atoms. The number of rotatable bonds is 8. The van der Waals surface area contributed by atoms with Crippen LogP contribution in [-0.2, 0) is 21.9 Å². The van der Waals surface area contributed by atoms with E-state index in [1.165, 1.54) is 24.9 Å². The maximum Gasteiger partial charge on any atom is 0.239 e. The van der Waals surface area contributed by atoms with Crippen molar-refractivity contribution in [3.8, 4) is 11.1 Å². The quantitative estimate of drug-likeness (QED) is 0.545. The van der Waals surface area contributed by atoms with Gasteiger partial charge >= 0.3 is 0 Å². The molecule has 0 unspecified atom stereocenters. The molecule has 1 aromatic heterocycles. The Morgan fingerprint density at radius 3 is 2.71 bits per heavy atom. The Labute approximate surface area is 171 Å². The van der Waals surface area contributed by atoms with Gasteiger partial charge in [0.15, 0.2) is 0 Å². The average Bonchev–Trinajstić information content (AvgIpc) is 3.06. The van der Waals surface area contributed by atoms with Gasteiger partial charge in [0.05, 0.1) is 17.9 Å². The predicted molar refractivity (Wildman–Crippen MR) is 109 cm³/mol. The summed E-state index contributed by atoms with van der Waals surface area (Å²) in [6.45, 7) is 0.133. The van der Waals surface area contributed by atoms with Crippen molar-refractivity contribution in [1.82, 2.24) is 5.16 Å². The van der Waals surface area contributed by atoms with Crippen molar-refractivity contribution in [2.24, 2.45) is 0 Å². The molecule has 5 nitrogen and oxygen atoms in total. The van der Waals surface area contributed by atoms with Crippen LogP contribution in [0.5, 0.6) is 0 Å². The third-order valence-electron chi connectivity index (χ3n) is 3.86. The molecule has 146 valence electrons. The number of nitrogens with zero attached hydrogens (tertiary/aromatic N) is 1. The molecule has 0 saturated carbocycles. The Morgan fingerprint density at radius 2 is 2.00 bits per heavy atom. The fourth-order valence-corrected chi connectivity index (χ4v) is 3.50. The van der Waals surface area contributed by atoms with Crippen LogP contribution in [0, 0.1) is 5.82 Å². The van der Waals surface area contributed by atoms with Gasteiger partial charge in [-0.05, 0) is 23.8 Å². The third-order valence-corrected chi connectivity index (χ3v) is 5.11. The third kappa shape index (κ3) is 5.13. The molecule has 1 N–H and O–H groups in total. The Morgan fingerprint density at radius 1 is 1.25 bits per heavy atom. The van der Waals surface area contributed by atoms with E-state index in [9.17, 15) is 9.18 Å². The number of methoxy groups -OCH3 is 1. The average molecular weight is 421 g/mol. The number of carbonyl (C=O) groups excluding carboxylic acids is 1. The highest BCUT2D eigenvalue weighted by molar-refractivity contribution is 7.99. The van der Waals surface area contributed by atoms with Crippen LogP contribution in [0.15, 0.2) is 53.1 Å². The van der Waals surface area contributed by atoms with Crippen molar-refractivity contribution in [3.63, 3.8) is 0 Å². The number of carbonyl (C=O) groups is 1. The lowest BCUT2D eigenvalue weighted by molar-refractivity contribution is -0.113. The van der Waals surface area contributed by atoms with E-state index in [0.717, 1.165) is 5.56 Å². The SMILES string of the molecule is COCc1noc(NC(=O)CSCc2ccc(Cl)cc2)c1-c1ccccc1F. The first-order valence-electron chi connectivity index (χ1n) is 8.43. The van der Waals surface area contributed by atoms with Gasteiger partial charge in [-0.25, -0.2) is 4.39 Å². The monoisotopic (exact) mass is 420 g/mol. The minimum Gasteiger partial charge on any atom is -0.378 e. The summed E-state index contributed by atoms with van der Waals surface area (Å²) >= 11 is 7.31. The van der Waals surface area contributed by atoms with E-state index in [1.54, 1.807) is 18.2 Å². The first kappa shape index (κ1) is 20.4. The van der Waals surface area contributed by atoms with Gasteiger partial charge in [0.25, 0.3) is 0 Å². The first-order valence-corrected chi connectivity index (χ1v) is 9.96. The largest absolute Gasteiger partial charge is 0.378 e. The van der Waals surface area contributed by atoms with Crippen LogP contribution in [0.3, 0.4) is 0 Å². The van der Waals surface area contributed by atoms with Crippen LogP contribution in [0.4, 0.5) is 10.3 Å². The molecule has 2 aromatic carbocycles. The lowest BCUT2D eigenvalue weighted by Crippen LogP contribution is -2.14. The number of anilines is 1. The van der Waals surface area contributed by atoms with Gasteiger partial charge in [0.2, 0.25) is 11.8 Å². The Balaban J connectivity index is 1.68. The van der Waals surface area contributed by atoms with Crippen molar-refractivity contribution in [1.29, 1.82) is 0 Å². The van der Waals surface area contributed by atoms with E-state index >= 15 is 0 Å². The molecule has 3 rings (SSSR count). The van der Waals surface area contributed by atoms with Crippen molar-refractivity contribution in [2.45, 2.75) is 12.4 Å². The van der Waals surface area contributed by atoms with Crippen LogP contribution in [0.25, 0.3) is 11.1 Å². The molecule has 0 spiro atoms. The van der Waals surface area contributed by atoms with Crippen molar-refractivity contribution in [3.05, 3.63) is 70.6 Å². The lowest BCUT2D eigenvalue weighted by atomic mass is 10.1. The van der Waals surface area contributed by atoms with E-state index in [0.29, 0.717) is 27.6 Å². The van der Waals surface area contributed by atoms with Crippen molar-refractivity contribution >= 4 is 35.2 Å². The number of halogens is 2. The lowest BCUT2D eigenvalue weighted by Gasteiger charge is -2.07. The van der Waals surface area contributed by atoms with Crippen molar-refractivity contribution < 1.29 is 18.4 Å². The second kappa shape index (κ2) is 9.73. The van der Waals surface area contributed by atoms with E-state index in [-0.39, 0.29) is 24.2 Å². The molecule has 1 amide bonds. The molecule has 0 fully saturated rings. The van der Waals surface area contributed by atoms with Crippen LogP contribution in [0.2, 0.25) is 5.02 Å². The fourth-order valence-electron chi connectivity index (χ4n) is 2.59. The maximum absolute atomic E-state index is 14.3. The van der Waals surface area contributed by atoms with E-state index in [1.807, 2.05) is 24.3 Å². The highest BCUT2D eigenvalue weighted by Gasteiger charge is 2.22.